The zero-order valence-electron chi connectivity index (χ0n) is 18.5. The standard InChI is InChI=1S/C27H33NO2/c1-16(29)30-18-10-12-26(2)17(14-18)8-9-19-21(26)11-13-27(3)22(19)15-24-25(27)20-6-4-5-7-23(20)28-24/h4-8,18-19,21-22,28H,9-15H2,1-3H3/t18-,19+,21-,22+,26-,27-/m0/s1. The first-order chi connectivity index (χ1) is 14.4. The Morgan fingerprint density at radius 2 is 1.87 bits per heavy atom. The van der Waals surface area contributed by atoms with E-state index in [9.17, 15) is 4.79 Å². The van der Waals surface area contributed by atoms with Crippen LogP contribution in [-0.2, 0) is 21.4 Å². The highest BCUT2D eigenvalue weighted by Crippen LogP contribution is 2.64. The van der Waals surface area contributed by atoms with Gasteiger partial charge in [-0.15, -0.1) is 0 Å². The molecule has 0 radical (unpaired) electrons. The number of carbonyl (C=O) groups is 1. The van der Waals surface area contributed by atoms with E-state index in [0.29, 0.717) is 10.8 Å². The minimum atomic E-state index is -0.134. The van der Waals surface area contributed by atoms with Crippen LogP contribution < -0.4 is 0 Å². The van der Waals surface area contributed by atoms with Crippen LogP contribution in [0.3, 0.4) is 0 Å². The van der Waals surface area contributed by atoms with Crippen molar-refractivity contribution in [2.45, 2.75) is 77.2 Å². The molecule has 1 N–H and O–H groups in total. The Morgan fingerprint density at radius 1 is 1.07 bits per heavy atom. The van der Waals surface area contributed by atoms with E-state index >= 15 is 0 Å². The molecule has 0 unspecified atom stereocenters. The first-order valence-corrected chi connectivity index (χ1v) is 11.9. The second kappa shape index (κ2) is 6.24. The van der Waals surface area contributed by atoms with E-state index in [1.54, 1.807) is 18.1 Å². The van der Waals surface area contributed by atoms with Crippen molar-refractivity contribution in [1.29, 1.82) is 0 Å². The third-order valence-electron chi connectivity index (χ3n) is 9.56. The van der Waals surface area contributed by atoms with E-state index in [-0.39, 0.29) is 12.1 Å². The van der Waals surface area contributed by atoms with Gasteiger partial charge in [-0.25, -0.2) is 0 Å². The summed E-state index contributed by atoms with van der Waals surface area (Å²) in [5.74, 6) is 2.14. The summed E-state index contributed by atoms with van der Waals surface area (Å²) in [6.07, 6.45) is 10.8. The van der Waals surface area contributed by atoms with Crippen LogP contribution in [0.4, 0.5) is 0 Å². The molecule has 2 saturated carbocycles. The minimum Gasteiger partial charge on any atom is -0.462 e. The summed E-state index contributed by atoms with van der Waals surface area (Å²) in [6.45, 7) is 6.62. The molecule has 0 bridgehead atoms. The Morgan fingerprint density at radius 3 is 2.70 bits per heavy atom. The van der Waals surface area contributed by atoms with Crippen LogP contribution in [0.1, 0.15) is 70.6 Å². The fourth-order valence-electron chi connectivity index (χ4n) is 8.19. The highest BCUT2D eigenvalue weighted by molar-refractivity contribution is 5.86. The van der Waals surface area contributed by atoms with E-state index in [2.05, 4.69) is 49.2 Å². The molecular weight excluding hydrogens is 370 g/mol. The van der Waals surface area contributed by atoms with Gasteiger partial charge in [-0.3, -0.25) is 4.79 Å². The monoisotopic (exact) mass is 403 g/mol. The van der Waals surface area contributed by atoms with Crippen LogP contribution >= 0.6 is 0 Å². The predicted octanol–water partition coefficient (Wildman–Crippen LogP) is 6.08. The summed E-state index contributed by atoms with van der Waals surface area (Å²) < 4.78 is 5.60. The Balaban J connectivity index is 1.34. The summed E-state index contributed by atoms with van der Waals surface area (Å²) >= 11 is 0. The predicted molar refractivity (Wildman–Crippen MR) is 119 cm³/mol. The number of hydrogen-bond acceptors (Lipinski definition) is 2. The van der Waals surface area contributed by atoms with E-state index in [1.165, 1.54) is 42.3 Å². The molecule has 4 aliphatic carbocycles. The molecular formula is C27H33NO2. The fraction of sp³-hybridized carbons (Fsp3) is 0.593. The third kappa shape index (κ3) is 2.41. The Kier molecular flexibility index (Phi) is 3.90. The van der Waals surface area contributed by atoms with Gasteiger partial charge in [0.1, 0.15) is 6.10 Å². The molecule has 6 atom stereocenters. The number of aromatic nitrogens is 1. The van der Waals surface area contributed by atoms with E-state index < -0.39 is 0 Å². The summed E-state index contributed by atoms with van der Waals surface area (Å²) in [6, 6.07) is 8.89. The maximum Gasteiger partial charge on any atom is 0.302 e. The number of hydrogen-bond donors (Lipinski definition) is 1. The molecule has 0 saturated heterocycles. The number of aromatic amines is 1. The zero-order valence-corrected chi connectivity index (χ0v) is 18.5. The largest absolute Gasteiger partial charge is 0.462 e. The zero-order chi connectivity index (χ0) is 20.7. The van der Waals surface area contributed by atoms with Gasteiger partial charge < -0.3 is 9.72 Å². The lowest BCUT2D eigenvalue weighted by atomic mass is 9.47. The van der Waals surface area contributed by atoms with E-state index in [0.717, 1.165) is 37.0 Å². The molecule has 3 nitrogen and oxygen atoms in total. The van der Waals surface area contributed by atoms with Gasteiger partial charge in [0, 0.05) is 29.9 Å². The quantitative estimate of drug-likeness (QED) is 0.463. The molecule has 1 aromatic heterocycles. The maximum absolute atomic E-state index is 11.5. The second-order valence-corrected chi connectivity index (χ2v) is 10.9. The fourth-order valence-corrected chi connectivity index (χ4v) is 8.19. The first kappa shape index (κ1) is 18.7. The lowest BCUT2D eigenvalue weighted by Gasteiger charge is -2.57. The molecule has 0 spiro atoms. The van der Waals surface area contributed by atoms with Crippen LogP contribution in [0, 0.1) is 23.2 Å². The smallest absolute Gasteiger partial charge is 0.302 e. The Hall–Kier alpha value is -2.03. The number of carbonyl (C=O) groups excluding carboxylic acids is 1. The molecule has 2 fully saturated rings. The first-order valence-electron chi connectivity index (χ1n) is 11.9. The number of ether oxygens (including phenoxy) is 1. The SMILES string of the molecule is CC(=O)O[C@H]1CC[C@@]2(C)C(=CC[C@H]3[C@H]4Cc5[nH]c6ccccc6c5[C@@]4(C)CC[C@@H]32)C1. The molecule has 4 aliphatic rings. The van der Waals surface area contributed by atoms with Crippen LogP contribution in [0.25, 0.3) is 10.9 Å². The second-order valence-electron chi connectivity index (χ2n) is 10.9. The van der Waals surface area contributed by atoms with Crippen molar-refractivity contribution in [2.75, 3.05) is 0 Å². The molecule has 2 aromatic rings. The van der Waals surface area contributed by atoms with Crippen LogP contribution in [-0.4, -0.2) is 17.1 Å². The summed E-state index contributed by atoms with van der Waals surface area (Å²) in [7, 11) is 0. The highest BCUT2D eigenvalue weighted by Gasteiger charge is 2.58. The van der Waals surface area contributed by atoms with Gasteiger partial charge in [0.05, 0.1) is 0 Å². The molecule has 1 aromatic carbocycles. The van der Waals surface area contributed by atoms with Gasteiger partial charge in [0.15, 0.2) is 0 Å². The van der Waals surface area contributed by atoms with Gasteiger partial charge >= 0.3 is 5.97 Å². The van der Waals surface area contributed by atoms with Crippen molar-refractivity contribution in [3.63, 3.8) is 0 Å². The average Bonchev–Trinajstić information content (AvgIpc) is 3.22. The lowest BCUT2D eigenvalue weighted by molar-refractivity contribution is -0.148. The number of fused-ring (bicyclic) bond motifs is 9. The number of allylic oxidation sites excluding steroid dienone is 1. The van der Waals surface area contributed by atoms with Gasteiger partial charge in [0.25, 0.3) is 0 Å². The van der Waals surface area contributed by atoms with Crippen molar-refractivity contribution in [1.82, 2.24) is 4.98 Å². The highest BCUT2D eigenvalue weighted by atomic mass is 16.5. The van der Waals surface area contributed by atoms with Crippen LogP contribution in [0.5, 0.6) is 0 Å². The third-order valence-corrected chi connectivity index (χ3v) is 9.56. The summed E-state index contributed by atoms with van der Waals surface area (Å²) in [4.78, 5) is 15.3. The number of benzene rings is 1. The molecule has 3 heteroatoms. The molecule has 0 aliphatic heterocycles. The topological polar surface area (TPSA) is 42.1 Å². The van der Waals surface area contributed by atoms with Gasteiger partial charge in [-0.05, 0) is 78.7 Å². The van der Waals surface area contributed by atoms with Crippen LogP contribution in [0.15, 0.2) is 35.9 Å². The average molecular weight is 404 g/mol. The number of esters is 1. The number of para-hydroxylation sites is 1. The van der Waals surface area contributed by atoms with Gasteiger partial charge in [0.2, 0.25) is 0 Å². The van der Waals surface area contributed by atoms with Crippen molar-refractivity contribution < 1.29 is 9.53 Å². The van der Waals surface area contributed by atoms with Crippen molar-refractivity contribution >= 4 is 16.9 Å². The number of H-pyrrole nitrogens is 1. The van der Waals surface area contributed by atoms with Crippen molar-refractivity contribution in [3.8, 4) is 0 Å². The summed E-state index contributed by atoms with van der Waals surface area (Å²) in [5.41, 5.74) is 6.60. The van der Waals surface area contributed by atoms with Crippen LogP contribution in [0.2, 0.25) is 0 Å². The van der Waals surface area contributed by atoms with Gasteiger partial charge in [-0.2, -0.15) is 0 Å². The molecule has 158 valence electrons. The Bertz CT molecular complexity index is 1060. The molecule has 30 heavy (non-hydrogen) atoms. The Labute approximate surface area is 179 Å². The van der Waals surface area contributed by atoms with E-state index in [4.69, 9.17) is 4.74 Å². The van der Waals surface area contributed by atoms with Crippen molar-refractivity contribution in [2.24, 2.45) is 23.2 Å². The number of rotatable bonds is 1. The van der Waals surface area contributed by atoms with Gasteiger partial charge in [-0.1, -0.05) is 43.7 Å². The summed E-state index contributed by atoms with van der Waals surface area (Å²) in [5, 5.41) is 1.45. The van der Waals surface area contributed by atoms with Crippen molar-refractivity contribution in [3.05, 3.63) is 47.2 Å². The maximum atomic E-state index is 11.5. The molecule has 6 rings (SSSR count). The molecule has 0 amide bonds. The minimum absolute atomic E-state index is 0.0879. The normalized spacial score (nSPS) is 39.5. The lowest BCUT2D eigenvalue weighted by Crippen LogP contribution is -2.51. The van der Waals surface area contributed by atoms with E-state index in [1.807, 2.05) is 0 Å². The number of nitrogens with one attached hydrogen (secondary N) is 1. The molecule has 1 heterocycles.